The second kappa shape index (κ2) is 8.78. The molecule has 0 aromatic heterocycles. The van der Waals surface area contributed by atoms with Gasteiger partial charge in [-0.15, -0.1) is 0 Å². The molecule has 9 heteroatoms. The van der Waals surface area contributed by atoms with Gasteiger partial charge in [-0.3, -0.25) is 14.9 Å². The number of hydrazone groups is 1. The first-order chi connectivity index (χ1) is 12.0. The Morgan fingerprint density at radius 1 is 1.32 bits per heavy atom. The summed E-state index contributed by atoms with van der Waals surface area (Å²) in [6.45, 7) is -0.394. The lowest BCUT2D eigenvalue weighted by Gasteiger charge is -2.05. The molecular weight excluding hydrogens is 394 g/mol. The Bertz CT molecular complexity index is 810. The summed E-state index contributed by atoms with van der Waals surface area (Å²) in [6, 6.07) is 11.1. The normalized spacial score (nSPS) is 10.5. The Hall–Kier alpha value is -2.94. The SMILES string of the molecule is COc1ccc(C=NNC(=O)COc2ccccc2[N+](=O)[O-])cc1Br. The average molecular weight is 408 g/mol. The maximum absolute atomic E-state index is 11.7. The first kappa shape index (κ1) is 18.4. The highest BCUT2D eigenvalue weighted by molar-refractivity contribution is 9.10. The van der Waals surface area contributed by atoms with E-state index in [1.54, 1.807) is 31.4 Å². The van der Waals surface area contributed by atoms with Crippen molar-refractivity contribution >= 4 is 33.7 Å². The summed E-state index contributed by atoms with van der Waals surface area (Å²) in [5, 5.41) is 14.7. The summed E-state index contributed by atoms with van der Waals surface area (Å²) in [6.07, 6.45) is 1.45. The number of nitro groups is 1. The first-order valence-electron chi connectivity index (χ1n) is 7.03. The third-order valence-electron chi connectivity index (χ3n) is 3.00. The maximum atomic E-state index is 11.7. The number of carbonyl (C=O) groups excluding carboxylic acids is 1. The molecule has 0 unspecified atom stereocenters. The van der Waals surface area contributed by atoms with E-state index in [0.717, 1.165) is 10.0 Å². The number of para-hydroxylation sites is 2. The van der Waals surface area contributed by atoms with Crippen LogP contribution in [0.4, 0.5) is 5.69 Å². The van der Waals surface area contributed by atoms with Crippen molar-refractivity contribution in [2.75, 3.05) is 13.7 Å². The van der Waals surface area contributed by atoms with Gasteiger partial charge >= 0.3 is 5.69 Å². The van der Waals surface area contributed by atoms with Crippen LogP contribution in [0, 0.1) is 10.1 Å². The van der Waals surface area contributed by atoms with E-state index in [1.165, 1.54) is 24.4 Å². The molecule has 0 atom stereocenters. The van der Waals surface area contributed by atoms with Crippen molar-refractivity contribution in [3.8, 4) is 11.5 Å². The molecule has 0 spiro atoms. The smallest absolute Gasteiger partial charge is 0.310 e. The van der Waals surface area contributed by atoms with Gasteiger partial charge in [0.05, 0.1) is 22.7 Å². The molecule has 8 nitrogen and oxygen atoms in total. The molecule has 0 aliphatic heterocycles. The van der Waals surface area contributed by atoms with Gasteiger partial charge in [0.25, 0.3) is 5.91 Å². The fraction of sp³-hybridized carbons (Fsp3) is 0.125. The maximum Gasteiger partial charge on any atom is 0.310 e. The van der Waals surface area contributed by atoms with E-state index < -0.39 is 17.4 Å². The monoisotopic (exact) mass is 407 g/mol. The van der Waals surface area contributed by atoms with Crippen molar-refractivity contribution < 1.29 is 19.2 Å². The molecule has 2 rings (SSSR count). The van der Waals surface area contributed by atoms with Gasteiger partial charge in [0, 0.05) is 6.07 Å². The molecule has 0 saturated carbocycles. The lowest BCUT2D eigenvalue weighted by atomic mass is 10.2. The lowest BCUT2D eigenvalue weighted by Crippen LogP contribution is -2.24. The zero-order valence-electron chi connectivity index (χ0n) is 13.1. The Balaban J connectivity index is 1.89. The Morgan fingerprint density at radius 2 is 2.08 bits per heavy atom. The number of nitrogens with one attached hydrogen (secondary N) is 1. The van der Waals surface area contributed by atoms with Gasteiger partial charge in [-0.2, -0.15) is 5.10 Å². The van der Waals surface area contributed by atoms with Crippen LogP contribution in [0.2, 0.25) is 0 Å². The van der Waals surface area contributed by atoms with Gasteiger partial charge in [-0.1, -0.05) is 12.1 Å². The molecule has 0 saturated heterocycles. The van der Waals surface area contributed by atoms with Crippen molar-refractivity contribution in [3.05, 3.63) is 62.6 Å². The summed E-state index contributed by atoms with van der Waals surface area (Å²) < 4.78 is 11.0. The van der Waals surface area contributed by atoms with Crippen molar-refractivity contribution in [1.29, 1.82) is 0 Å². The quantitative estimate of drug-likeness (QED) is 0.431. The van der Waals surface area contributed by atoms with E-state index in [1.807, 2.05) is 0 Å². The number of nitrogens with zero attached hydrogens (tertiary/aromatic N) is 2. The van der Waals surface area contributed by atoms with Crippen molar-refractivity contribution in [2.24, 2.45) is 5.10 Å². The summed E-state index contributed by atoms with van der Waals surface area (Å²) >= 11 is 3.35. The molecular formula is C16H14BrN3O5. The zero-order chi connectivity index (χ0) is 18.2. The third-order valence-corrected chi connectivity index (χ3v) is 3.62. The predicted molar refractivity (Wildman–Crippen MR) is 95.0 cm³/mol. The fourth-order valence-electron chi connectivity index (χ4n) is 1.85. The third kappa shape index (κ3) is 5.28. The van der Waals surface area contributed by atoms with Crippen LogP contribution in [0.5, 0.6) is 11.5 Å². The molecule has 2 aromatic carbocycles. The molecule has 0 radical (unpaired) electrons. The van der Waals surface area contributed by atoms with Gasteiger partial charge in [-0.05, 0) is 45.8 Å². The van der Waals surface area contributed by atoms with Crippen LogP contribution in [0.1, 0.15) is 5.56 Å². The van der Waals surface area contributed by atoms with E-state index in [2.05, 4.69) is 26.5 Å². The topological polar surface area (TPSA) is 103 Å². The number of amides is 1. The van der Waals surface area contributed by atoms with E-state index in [-0.39, 0.29) is 11.4 Å². The number of nitro benzene ring substituents is 1. The molecule has 1 N–H and O–H groups in total. The molecule has 0 aliphatic rings. The molecule has 2 aromatic rings. The second-order valence-corrected chi connectivity index (χ2v) is 5.56. The molecule has 25 heavy (non-hydrogen) atoms. The van der Waals surface area contributed by atoms with Crippen molar-refractivity contribution in [3.63, 3.8) is 0 Å². The number of ether oxygens (including phenoxy) is 2. The fourth-order valence-corrected chi connectivity index (χ4v) is 2.41. The number of hydrogen-bond donors (Lipinski definition) is 1. The summed E-state index contributed by atoms with van der Waals surface area (Å²) in [7, 11) is 1.56. The van der Waals surface area contributed by atoms with E-state index >= 15 is 0 Å². The van der Waals surface area contributed by atoms with E-state index in [0.29, 0.717) is 5.75 Å². The van der Waals surface area contributed by atoms with E-state index in [4.69, 9.17) is 9.47 Å². The molecule has 0 heterocycles. The van der Waals surface area contributed by atoms with Crippen LogP contribution in [-0.4, -0.2) is 30.8 Å². The lowest BCUT2D eigenvalue weighted by molar-refractivity contribution is -0.385. The molecule has 0 aliphatic carbocycles. The van der Waals surface area contributed by atoms with Gasteiger partial charge in [0.1, 0.15) is 5.75 Å². The van der Waals surface area contributed by atoms with Crippen LogP contribution in [0.25, 0.3) is 0 Å². The Morgan fingerprint density at radius 3 is 2.76 bits per heavy atom. The van der Waals surface area contributed by atoms with Crippen molar-refractivity contribution in [2.45, 2.75) is 0 Å². The largest absolute Gasteiger partial charge is 0.496 e. The second-order valence-electron chi connectivity index (χ2n) is 4.70. The summed E-state index contributed by atoms with van der Waals surface area (Å²) in [5.74, 6) is 0.159. The number of methoxy groups -OCH3 is 1. The van der Waals surface area contributed by atoms with Gasteiger partial charge < -0.3 is 9.47 Å². The van der Waals surface area contributed by atoms with Crippen LogP contribution in [-0.2, 0) is 4.79 Å². The number of halogens is 1. The number of carbonyl (C=O) groups is 1. The minimum atomic E-state index is -0.576. The van der Waals surface area contributed by atoms with E-state index in [9.17, 15) is 14.9 Å². The van der Waals surface area contributed by atoms with Crippen LogP contribution in [0.3, 0.4) is 0 Å². The summed E-state index contributed by atoms with van der Waals surface area (Å²) in [5.41, 5.74) is 2.82. The molecule has 130 valence electrons. The number of hydrogen-bond acceptors (Lipinski definition) is 6. The minimum Gasteiger partial charge on any atom is -0.496 e. The number of rotatable bonds is 7. The van der Waals surface area contributed by atoms with Crippen LogP contribution in [0.15, 0.2) is 52.0 Å². The molecule has 0 bridgehead atoms. The van der Waals surface area contributed by atoms with Gasteiger partial charge in [0.15, 0.2) is 12.4 Å². The van der Waals surface area contributed by atoms with Crippen LogP contribution < -0.4 is 14.9 Å². The molecule has 1 amide bonds. The standard InChI is InChI=1S/C16H14BrN3O5/c1-24-14-7-6-11(8-12(14)17)9-18-19-16(21)10-25-15-5-3-2-4-13(15)20(22)23/h2-9H,10H2,1H3,(H,19,21). The molecule has 0 fully saturated rings. The zero-order valence-corrected chi connectivity index (χ0v) is 14.7. The minimum absolute atomic E-state index is 0.0192. The van der Waals surface area contributed by atoms with Crippen molar-refractivity contribution in [1.82, 2.24) is 5.43 Å². The Labute approximate surface area is 151 Å². The average Bonchev–Trinajstić information content (AvgIpc) is 2.60. The van der Waals surface area contributed by atoms with Gasteiger partial charge in [0.2, 0.25) is 0 Å². The van der Waals surface area contributed by atoms with Crippen LogP contribution >= 0.6 is 15.9 Å². The Kier molecular flexibility index (Phi) is 6.47. The van der Waals surface area contributed by atoms with Gasteiger partial charge in [-0.25, -0.2) is 5.43 Å². The highest BCUT2D eigenvalue weighted by Gasteiger charge is 2.14. The highest BCUT2D eigenvalue weighted by Crippen LogP contribution is 2.26. The number of benzene rings is 2. The summed E-state index contributed by atoms with van der Waals surface area (Å²) in [4.78, 5) is 22.0. The predicted octanol–water partition coefficient (Wildman–Crippen LogP) is 2.90. The highest BCUT2D eigenvalue weighted by atomic mass is 79.9. The first-order valence-corrected chi connectivity index (χ1v) is 7.82.